The summed E-state index contributed by atoms with van der Waals surface area (Å²) in [5.41, 5.74) is 0.626. The first-order valence-corrected chi connectivity index (χ1v) is 6.44. The Morgan fingerprint density at radius 1 is 1.44 bits per heavy atom. The fraction of sp³-hybridized carbons (Fsp3) is 0.333. The highest BCUT2D eigenvalue weighted by molar-refractivity contribution is 9.10. The summed E-state index contributed by atoms with van der Waals surface area (Å²) in [7, 11) is 0. The van der Waals surface area contributed by atoms with Gasteiger partial charge in [0.2, 0.25) is 5.91 Å². The summed E-state index contributed by atoms with van der Waals surface area (Å²) in [4.78, 5) is 22.8. The van der Waals surface area contributed by atoms with Crippen molar-refractivity contribution in [1.82, 2.24) is 5.32 Å². The molecule has 0 bridgehead atoms. The molecule has 0 spiro atoms. The van der Waals surface area contributed by atoms with Crippen LogP contribution in [0.3, 0.4) is 0 Å². The molecule has 2 rings (SSSR count). The first kappa shape index (κ1) is 13.0. The minimum Gasteiger partial charge on any atom is -0.478 e. The molecule has 1 aliphatic heterocycles. The number of nitrogens with one attached hydrogen (secondary N) is 2. The molecule has 1 saturated heterocycles. The number of carbonyl (C=O) groups excluding carboxylic acids is 1. The lowest BCUT2D eigenvalue weighted by atomic mass is 10.2. The van der Waals surface area contributed by atoms with Crippen LogP contribution in [0.25, 0.3) is 0 Å². The number of amides is 1. The van der Waals surface area contributed by atoms with Gasteiger partial charge in [-0.15, -0.1) is 0 Å². The molecule has 5 nitrogen and oxygen atoms in total. The molecule has 0 saturated carbocycles. The van der Waals surface area contributed by atoms with Gasteiger partial charge in [0.05, 0.1) is 11.6 Å². The SMILES string of the molecule is O=C(O)c1cc(NC(=O)C2CCCN2)ccc1Br. The smallest absolute Gasteiger partial charge is 0.336 e. The summed E-state index contributed by atoms with van der Waals surface area (Å²) >= 11 is 3.16. The van der Waals surface area contributed by atoms with Crippen molar-refractivity contribution in [2.24, 2.45) is 0 Å². The van der Waals surface area contributed by atoms with Gasteiger partial charge in [0.25, 0.3) is 0 Å². The number of anilines is 1. The van der Waals surface area contributed by atoms with E-state index in [0.29, 0.717) is 10.2 Å². The first-order chi connectivity index (χ1) is 8.58. The Morgan fingerprint density at radius 3 is 2.83 bits per heavy atom. The van der Waals surface area contributed by atoms with E-state index in [0.717, 1.165) is 19.4 Å². The standard InChI is InChI=1S/C12H13BrN2O3/c13-9-4-3-7(6-8(9)12(17)18)15-11(16)10-2-1-5-14-10/h3-4,6,10,14H,1-2,5H2,(H,15,16)(H,17,18). The van der Waals surface area contributed by atoms with Gasteiger partial charge in [-0.1, -0.05) is 0 Å². The summed E-state index contributed by atoms with van der Waals surface area (Å²) in [6.45, 7) is 0.846. The molecule has 1 aromatic carbocycles. The molecule has 1 amide bonds. The van der Waals surface area contributed by atoms with Gasteiger partial charge in [-0.2, -0.15) is 0 Å². The van der Waals surface area contributed by atoms with E-state index < -0.39 is 5.97 Å². The van der Waals surface area contributed by atoms with Crippen molar-refractivity contribution in [3.8, 4) is 0 Å². The molecule has 0 radical (unpaired) electrons. The van der Waals surface area contributed by atoms with Crippen molar-refractivity contribution in [2.45, 2.75) is 18.9 Å². The number of hydrogen-bond donors (Lipinski definition) is 3. The summed E-state index contributed by atoms with van der Waals surface area (Å²) in [5.74, 6) is -1.15. The highest BCUT2D eigenvalue weighted by atomic mass is 79.9. The predicted molar refractivity (Wildman–Crippen MR) is 70.8 cm³/mol. The van der Waals surface area contributed by atoms with Gasteiger partial charge in [0.15, 0.2) is 0 Å². The minimum atomic E-state index is -1.03. The van der Waals surface area contributed by atoms with Crippen molar-refractivity contribution < 1.29 is 14.7 Å². The molecule has 0 aliphatic carbocycles. The molecular weight excluding hydrogens is 300 g/mol. The molecule has 1 atom stereocenters. The Morgan fingerprint density at radius 2 is 2.22 bits per heavy atom. The number of carbonyl (C=O) groups is 2. The van der Waals surface area contributed by atoms with Gasteiger partial charge in [0, 0.05) is 10.2 Å². The molecule has 1 unspecified atom stereocenters. The quantitative estimate of drug-likeness (QED) is 0.795. The summed E-state index contributed by atoms with van der Waals surface area (Å²) in [6, 6.07) is 4.55. The monoisotopic (exact) mass is 312 g/mol. The lowest BCUT2D eigenvalue weighted by Crippen LogP contribution is -2.35. The summed E-state index contributed by atoms with van der Waals surface area (Å²) in [5, 5.41) is 14.8. The van der Waals surface area contributed by atoms with Crippen LogP contribution in [-0.2, 0) is 4.79 Å². The Balaban J connectivity index is 2.11. The third kappa shape index (κ3) is 2.88. The molecule has 3 N–H and O–H groups in total. The van der Waals surface area contributed by atoms with Gasteiger partial charge < -0.3 is 15.7 Å². The number of carboxylic acid groups (broad SMARTS) is 1. The minimum absolute atomic E-state index is 0.119. The van der Waals surface area contributed by atoms with Gasteiger partial charge in [-0.25, -0.2) is 4.79 Å². The number of rotatable bonds is 3. The van der Waals surface area contributed by atoms with Crippen LogP contribution in [0.2, 0.25) is 0 Å². The molecule has 6 heteroatoms. The Labute approximate surface area is 113 Å². The average Bonchev–Trinajstić information content (AvgIpc) is 2.85. The van der Waals surface area contributed by atoms with E-state index in [2.05, 4.69) is 26.6 Å². The molecule has 0 aromatic heterocycles. The van der Waals surface area contributed by atoms with Gasteiger partial charge >= 0.3 is 5.97 Å². The van der Waals surface area contributed by atoms with Crippen LogP contribution in [-0.4, -0.2) is 29.6 Å². The van der Waals surface area contributed by atoms with Crippen molar-refractivity contribution >= 4 is 33.5 Å². The summed E-state index contributed by atoms with van der Waals surface area (Å²) in [6.07, 6.45) is 1.80. The van der Waals surface area contributed by atoms with Crippen molar-refractivity contribution in [3.05, 3.63) is 28.2 Å². The summed E-state index contributed by atoms with van der Waals surface area (Å²) < 4.78 is 0.493. The van der Waals surface area contributed by atoms with Crippen LogP contribution in [0.15, 0.2) is 22.7 Å². The van der Waals surface area contributed by atoms with Gasteiger partial charge in [0.1, 0.15) is 0 Å². The molecule has 1 aliphatic rings. The Hall–Kier alpha value is -1.40. The third-order valence-electron chi connectivity index (χ3n) is 2.84. The maximum Gasteiger partial charge on any atom is 0.336 e. The maximum atomic E-state index is 11.8. The lowest BCUT2D eigenvalue weighted by Gasteiger charge is -2.11. The molecule has 1 aromatic rings. The zero-order valence-electron chi connectivity index (χ0n) is 9.57. The van der Waals surface area contributed by atoms with Gasteiger partial charge in [-0.3, -0.25) is 4.79 Å². The average molecular weight is 313 g/mol. The Bertz CT molecular complexity index is 484. The second kappa shape index (κ2) is 5.49. The number of aromatic carboxylic acids is 1. The first-order valence-electron chi connectivity index (χ1n) is 5.65. The zero-order chi connectivity index (χ0) is 13.1. The van der Waals surface area contributed by atoms with E-state index in [1.807, 2.05) is 0 Å². The second-order valence-electron chi connectivity index (χ2n) is 4.14. The predicted octanol–water partition coefficient (Wildman–Crippen LogP) is 1.84. The fourth-order valence-electron chi connectivity index (χ4n) is 1.90. The van der Waals surface area contributed by atoms with Crippen molar-refractivity contribution in [1.29, 1.82) is 0 Å². The van der Waals surface area contributed by atoms with Gasteiger partial charge in [-0.05, 0) is 53.5 Å². The molecule has 1 fully saturated rings. The van der Waals surface area contributed by atoms with Crippen LogP contribution in [0.1, 0.15) is 23.2 Å². The van der Waals surface area contributed by atoms with Crippen molar-refractivity contribution in [3.63, 3.8) is 0 Å². The van der Waals surface area contributed by atoms with Crippen LogP contribution < -0.4 is 10.6 Å². The van der Waals surface area contributed by atoms with E-state index >= 15 is 0 Å². The molecular formula is C12H13BrN2O3. The van der Waals surface area contributed by atoms with Crippen LogP contribution >= 0.6 is 15.9 Å². The van der Waals surface area contributed by atoms with E-state index in [9.17, 15) is 9.59 Å². The molecule has 1 heterocycles. The van der Waals surface area contributed by atoms with Crippen LogP contribution in [0.4, 0.5) is 5.69 Å². The number of halogens is 1. The second-order valence-corrected chi connectivity index (χ2v) is 4.99. The highest BCUT2D eigenvalue weighted by Crippen LogP contribution is 2.21. The number of carboxylic acids is 1. The van der Waals surface area contributed by atoms with E-state index in [4.69, 9.17) is 5.11 Å². The van der Waals surface area contributed by atoms with Crippen LogP contribution in [0, 0.1) is 0 Å². The molecule has 18 heavy (non-hydrogen) atoms. The maximum absolute atomic E-state index is 11.8. The van der Waals surface area contributed by atoms with E-state index in [-0.39, 0.29) is 17.5 Å². The van der Waals surface area contributed by atoms with E-state index in [1.165, 1.54) is 6.07 Å². The van der Waals surface area contributed by atoms with Crippen LogP contribution in [0.5, 0.6) is 0 Å². The fourth-order valence-corrected chi connectivity index (χ4v) is 2.32. The number of benzene rings is 1. The topological polar surface area (TPSA) is 78.4 Å². The molecule has 96 valence electrons. The number of hydrogen-bond acceptors (Lipinski definition) is 3. The zero-order valence-corrected chi connectivity index (χ0v) is 11.2. The van der Waals surface area contributed by atoms with E-state index in [1.54, 1.807) is 12.1 Å². The normalized spacial score (nSPS) is 18.6. The Kier molecular flexibility index (Phi) is 3.98. The highest BCUT2D eigenvalue weighted by Gasteiger charge is 2.22. The lowest BCUT2D eigenvalue weighted by molar-refractivity contribution is -0.117. The van der Waals surface area contributed by atoms with Crippen molar-refractivity contribution in [2.75, 3.05) is 11.9 Å². The largest absolute Gasteiger partial charge is 0.478 e. The third-order valence-corrected chi connectivity index (χ3v) is 3.53.